The second-order valence-electron chi connectivity index (χ2n) is 12.0. The summed E-state index contributed by atoms with van der Waals surface area (Å²) in [7, 11) is -1.64. The number of piperazine rings is 1. The number of ether oxygens (including phenoxy) is 1. The monoisotopic (exact) mass is 620 g/mol. The smallest absolute Gasteiger partial charge is 0.241 e. The van der Waals surface area contributed by atoms with Crippen molar-refractivity contribution < 1.29 is 22.3 Å². The van der Waals surface area contributed by atoms with Gasteiger partial charge in [0, 0.05) is 54.5 Å². The number of methoxy groups -OCH3 is 1. The van der Waals surface area contributed by atoms with E-state index in [0.29, 0.717) is 42.2 Å². The van der Waals surface area contributed by atoms with Gasteiger partial charge in [-0.25, -0.2) is 12.8 Å². The third-order valence-corrected chi connectivity index (χ3v) is 11.5. The van der Waals surface area contributed by atoms with Gasteiger partial charge in [0.1, 0.15) is 5.82 Å². The first-order valence-corrected chi connectivity index (χ1v) is 17.0. The van der Waals surface area contributed by atoms with E-state index in [9.17, 15) is 13.2 Å². The van der Waals surface area contributed by atoms with Crippen molar-refractivity contribution in [2.24, 2.45) is 11.7 Å². The first kappa shape index (κ1) is 31.3. The normalized spacial score (nSPS) is 28.8. The second-order valence-corrected chi connectivity index (χ2v) is 14.4. The molecule has 42 heavy (non-hydrogen) atoms. The Morgan fingerprint density at radius 2 is 1.98 bits per heavy atom. The summed E-state index contributed by atoms with van der Waals surface area (Å²) in [6, 6.07) is 11.1. The van der Waals surface area contributed by atoms with Crippen LogP contribution in [0, 0.1) is 11.7 Å². The van der Waals surface area contributed by atoms with Crippen LogP contribution in [0.15, 0.2) is 42.5 Å². The molecule has 4 unspecified atom stereocenters. The van der Waals surface area contributed by atoms with E-state index in [1.165, 1.54) is 6.07 Å². The molecule has 4 N–H and O–H groups in total. The van der Waals surface area contributed by atoms with Crippen molar-refractivity contribution in [3.8, 4) is 0 Å². The third-order valence-electron chi connectivity index (χ3n) is 9.32. The van der Waals surface area contributed by atoms with Crippen LogP contribution in [0.2, 0.25) is 5.02 Å². The second kappa shape index (κ2) is 13.7. The Hall–Kier alpha value is -2.08. The molecular formula is C31H42ClFN4O4S. The molecule has 2 heterocycles. The molecule has 1 aliphatic carbocycles. The molecule has 2 aliphatic heterocycles. The van der Waals surface area contributed by atoms with Crippen molar-refractivity contribution in [3.63, 3.8) is 0 Å². The summed E-state index contributed by atoms with van der Waals surface area (Å²) in [5, 5.41) is 6.99. The molecule has 2 saturated heterocycles. The number of halogens is 2. The topological polar surface area (TPSA) is 114 Å². The number of nitrogens with zero attached hydrogens (tertiary/aromatic N) is 1. The highest BCUT2D eigenvalue weighted by atomic mass is 35.5. The van der Waals surface area contributed by atoms with Crippen LogP contribution in [0.5, 0.6) is 0 Å². The van der Waals surface area contributed by atoms with E-state index in [4.69, 9.17) is 22.1 Å². The van der Waals surface area contributed by atoms with Crippen molar-refractivity contribution >= 4 is 33.2 Å². The molecule has 1 saturated carbocycles. The van der Waals surface area contributed by atoms with E-state index < -0.39 is 27.8 Å². The van der Waals surface area contributed by atoms with Crippen molar-refractivity contribution in [2.75, 3.05) is 31.3 Å². The summed E-state index contributed by atoms with van der Waals surface area (Å²) in [5.74, 6) is -0.825. The molecule has 0 radical (unpaired) electrons. The van der Waals surface area contributed by atoms with Gasteiger partial charge in [0.05, 0.1) is 17.9 Å². The van der Waals surface area contributed by atoms with Gasteiger partial charge in [-0.05, 0) is 80.7 Å². The molecule has 0 aromatic heterocycles. The predicted octanol–water partition coefficient (Wildman–Crippen LogP) is 4.43. The maximum atomic E-state index is 15.2. The molecule has 0 spiro atoms. The fraction of sp³-hybridized carbons (Fsp3) is 0.581. The SMILES string of the molecule is COC1CCCC([C@H](c2ccc(Cl)cc2)[C@H](N)C(=O)Nc2cccc(F)c2CC[C@H]2CNC3CCCS(=O)(=O)N2C3)C1. The van der Waals surface area contributed by atoms with Crippen LogP contribution in [0.1, 0.15) is 62.0 Å². The van der Waals surface area contributed by atoms with Crippen LogP contribution in [-0.4, -0.2) is 68.8 Å². The molecule has 7 atom stereocenters. The van der Waals surface area contributed by atoms with Crippen LogP contribution >= 0.6 is 11.6 Å². The lowest BCUT2D eigenvalue weighted by Crippen LogP contribution is -2.57. The van der Waals surface area contributed by atoms with E-state index in [0.717, 1.165) is 37.7 Å². The zero-order chi connectivity index (χ0) is 29.9. The largest absolute Gasteiger partial charge is 0.381 e. The Morgan fingerprint density at radius 1 is 1.19 bits per heavy atom. The Kier molecular flexibility index (Phi) is 10.2. The van der Waals surface area contributed by atoms with E-state index in [1.54, 1.807) is 23.5 Å². The number of carbonyl (C=O) groups is 1. The third kappa shape index (κ3) is 7.17. The standard InChI is InChI=1S/C31H42ClFN4O4S/c1-41-25-7-2-5-21(17-25)29(20-10-12-22(32)13-11-20)30(34)31(38)36-28-9-3-8-27(33)26(28)15-14-24-18-35-23-6-4-16-42(39,40)37(24)19-23/h3,8-13,21,23-25,29-30,35H,2,4-7,14-19,34H2,1H3,(H,36,38)/t21?,23?,24-,25?,29-,30-/m0/s1. The lowest BCUT2D eigenvalue weighted by atomic mass is 9.72. The summed E-state index contributed by atoms with van der Waals surface area (Å²) >= 11 is 6.16. The highest BCUT2D eigenvalue weighted by Gasteiger charge is 2.39. The number of sulfonamides is 1. The van der Waals surface area contributed by atoms with Crippen molar-refractivity contribution in [2.45, 2.75) is 81.5 Å². The van der Waals surface area contributed by atoms with Gasteiger partial charge in [0.15, 0.2) is 0 Å². The molecule has 3 aliphatic rings. The number of anilines is 1. The molecule has 5 rings (SSSR count). The number of nitrogens with one attached hydrogen (secondary N) is 2. The number of carbonyl (C=O) groups excluding carboxylic acids is 1. The Labute approximate surface area is 253 Å². The van der Waals surface area contributed by atoms with E-state index in [1.807, 2.05) is 24.3 Å². The van der Waals surface area contributed by atoms with Gasteiger partial charge >= 0.3 is 0 Å². The van der Waals surface area contributed by atoms with Gasteiger partial charge in [0.25, 0.3) is 0 Å². The summed E-state index contributed by atoms with van der Waals surface area (Å²) < 4.78 is 48.3. The van der Waals surface area contributed by atoms with E-state index >= 15 is 4.39 Å². The number of hydrogen-bond acceptors (Lipinski definition) is 6. The van der Waals surface area contributed by atoms with Gasteiger partial charge in [-0.2, -0.15) is 4.31 Å². The van der Waals surface area contributed by atoms with Gasteiger partial charge in [-0.15, -0.1) is 0 Å². The number of amides is 1. The van der Waals surface area contributed by atoms with Crippen LogP contribution < -0.4 is 16.4 Å². The summed E-state index contributed by atoms with van der Waals surface area (Å²) in [6.45, 7) is 0.970. The van der Waals surface area contributed by atoms with Crippen molar-refractivity contribution in [1.82, 2.24) is 9.62 Å². The minimum Gasteiger partial charge on any atom is -0.381 e. The Balaban J connectivity index is 1.33. The van der Waals surface area contributed by atoms with Gasteiger partial charge in [0.2, 0.25) is 15.9 Å². The number of fused-ring (bicyclic) bond motifs is 2. The molecule has 230 valence electrons. The van der Waals surface area contributed by atoms with Crippen LogP contribution in [0.4, 0.5) is 10.1 Å². The zero-order valence-corrected chi connectivity index (χ0v) is 25.7. The molecule has 11 heteroatoms. The fourth-order valence-electron chi connectivity index (χ4n) is 7.04. The Bertz CT molecular complexity index is 1340. The van der Waals surface area contributed by atoms with Crippen LogP contribution in [0.3, 0.4) is 0 Å². The van der Waals surface area contributed by atoms with E-state index in [2.05, 4.69) is 10.6 Å². The Morgan fingerprint density at radius 3 is 2.74 bits per heavy atom. The van der Waals surface area contributed by atoms with Crippen molar-refractivity contribution in [3.05, 3.63) is 64.4 Å². The van der Waals surface area contributed by atoms with Crippen molar-refractivity contribution in [1.29, 1.82) is 0 Å². The first-order chi connectivity index (χ1) is 20.2. The van der Waals surface area contributed by atoms with Gasteiger partial charge in [-0.3, -0.25) is 4.79 Å². The zero-order valence-electron chi connectivity index (χ0n) is 24.1. The highest BCUT2D eigenvalue weighted by Crippen LogP contribution is 2.39. The lowest BCUT2D eigenvalue weighted by Gasteiger charge is -2.37. The minimum absolute atomic E-state index is 0.112. The number of benzene rings is 2. The summed E-state index contributed by atoms with van der Waals surface area (Å²) in [6.07, 6.45) is 5.97. The molecule has 8 nitrogen and oxygen atoms in total. The average Bonchev–Trinajstić information content (AvgIpc) is 3.09. The molecule has 2 aromatic rings. The number of nitrogens with two attached hydrogens (primary N) is 1. The quantitative estimate of drug-likeness (QED) is 0.382. The summed E-state index contributed by atoms with van der Waals surface area (Å²) in [4.78, 5) is 13.7. The van der Waals surface area contributed by atoms with Gasteiger partial charge in [-0.1, -0.05) is 36.2 Å². The lowest BCUT2D eigenvalue weighted by molar-refractivity contribution is -0.118. The van der Waals surface area contributed by atoms with Crippen LogP contribution in [-0.2, 0) is 26.0 Å². The number of rotatable bonds is 9. The summed E-state index contributed by atoms with van der Waals surface area (Å²) in [5.41, 5.74) is 8.37. The predicted molar refractivity (Wildman–Crippen MR) is 164 cm³/mol. The molecule has 1 amide bonds. The number of hydrogen-bond donors (Lipinski definition) is 3. The maximum absolute atomic E-state index is 15.2. The maximum Gasteiger partial charge on any atom is 0.241 e. The molecule has 3 fully saturated rings. The van der Waals surface area contributed by atoms with Crippen LogP contribution in [0.25, 0.3) is 0 Å². The van der Waals surface area contributed by atoms with Gasteiger partial charge < -0.3 is 21.1 Å². The fourth-order valence-corrected chi connectivity index (χ4v) is 8.98. The minimum atomic E-state index is -3.36. The molecule has 2 bridgehead atoms. The molecular weight excluding hydrogens is 579 g/mol. The molecule has 2 aromatic carbocycles. The average molecular weight is 621 g/mol. The first-order valence-electron chi connectivity index (χ1n) is 15.0. The highest BCUT2D eigenvalue weighted by molar-refractivity contribution is 7.89. The van der Waals surface area contributed by atoms with E-state index in [-0.39, 0.29) is 42.2 Å².